The number of hydrogen-bond donors (Lipinski definition) is 1. The Balaban J connectivity index is 2.53. The number of methoxy groups -OCH3 is 1. The molecule has 1 amide bonds. The Hall–Kier alpha value is -2.08. The number of amides is 1. The highest BCUT2D eigenvalue weighted by molar-refractivity contribution is 7.07. The third kappa shape index (κ3) is 2.54. The molecule has 0 aliphatic heterocycles. The van der Waals surface area contributed by atoms with Crippen molar-refractivity contribution in [1.29, 1.82) is 0 Å². The molecule has 1 heterocycles. The second kappa shape index (κ2) is 4.84. The fourth-order valence-electron chi connectivity index (χ4n) is 1.39. The highest BCUT2D eigenvalue weighted by Crippen LogP contribution is 2.15. The van der Waals surface area contributed by atoms with Crippen molar-refractivity contribution < 1.29 is 14.6 Å². The van der Waals surface area contributed by atoms with Gasteiger partial charge in [0, 0.05) is 17.6 Å². The molecule has 1 aromatic heterocycles. The summed E-state index contributed by atoms with van der Waals surface area (Å²) in [6, 6.07) is 7.33. The average Bonchev–Trinajstić information content (AvgIpc) is 2.76. The van der Waals surface area contributed by atoms with Crippen LogP contribution in [0.2, 0.25) is 0 Å². The van der Waals surface area contributed by atoms with Crippen molar-refractivity contribution in [3.63, 3.8) is 0 Å². The van der Waals surface area contributed by atoms with E-state index >= 15 is 0 Å². The molecule has 0 atom stereocenters. The van der Waals surface area contributed by atoms with Gasteiger partial charge < -0.3 is 9.84 Å². The molecule has 0 aliphatic carbocycles. The first-order valence-corrected chi connectivity index (χ1v) is 5.67. The molecular formula is C11H10N2O3S. The summed E-state index contributed by atoms with van der Waals surface area (Å²) < 4.78 is 6.81. The molecule has 5 nitrogen and oxygen atoms in total. The zero-order chi connectivity index (χ0) is 12.3. The van der Waals surface area contributed by atoms with E-state index in [4.69, 9.17) is 9.84 Å². The number of hydrogen-bond acceptors (Lipinski definition) is 3. The summed E-state index contributed by atoms with van der Waals surface area (Å²) in [5.74, 6) is 0.711. The van der Waals surface area contributed by atoms with Crippen LogP contribution in [0.3, 0.4) is 0 Å². The van der Waals surface area contributed by atoms with Crippen molar-refractivity contribution in [2.45, 2.75) is 0 Å². The predicted molar refractivity (Wildman–Crippen MR) is 63.8 cm³/mol. The SMILES string of the molecule is COc1cccc(-n2ccs/c2=N/C(=O)O)c1. The van der Waals surface area contributed by atoms with Crippen LogP contribution in [0.1, 0.15) is 0 Å². The van der Waals surface area contributed by atoms with Gasteiger partial charge in [-0.2, -0.15) is 0 Å². The normalized spacial score (nSPS) is 11.5. The van der Waals surface area contributed by atoms with Crippen molar-refractivity contribution in [1.82, 2.24) is 4.57 Å². The van der Waals surface area contributed by atoms with Crippen LogP contribution in [0.15, 0.2) is 40.8 Å². The minimum Gasteiger partial charge on any atom is -0.497 e. The molecule has 1 aromatic carbocycles. The maximum Gasteiger partial charge on any atom is 0.433 e. The molecule has 6 heteroatoms. The summed E-state index contributed by atoms with van der Waals surface area (Å²) in [5.41, 5.74) is 0.811. The number of thiazole rings is 1. The molecule has 0 radical (unpaired) electrons. The van der Waals surface area contributed by atoms with Gasteiger partial charge in [-0.1, -0.05) is 6.07 Å². The van der Waals surface area contributed by atoms with Crippen LogP contribution in [-0.4, -0.2) is 22.9 Å². The molecule has 1 N–H and O–H groups in total. The van der Waals surface area contributed by atoms with Crippen molar-refractivity contribution in [3.05, 3.63) is 40.6 Å². The lowest BCUT2D eigenvalue weighted by atomic mass is 10.3. The Morgan fingerprint density at radius 1 is 1.53 bits per heavy atom. The molecule has 0 fully saturated rings. The molecular weight excluding hydrogens is 240 g/mol. The van der Waals surface area contributed by atoms with Gasteiger partial charge in [-0.25, -0.2) is 4.79 Å². The highest BCUT2D eigenvalue weighted by atomic mass is 32.1. The van der Waals surface area contributed by atoms with E-state index in [1.54, 1.807) is 23.3 Å². The van der Waals surface area contributed by atoms with Gasteiger partial charge in [-0.15, -0.1) is 16.3 Å². The van der Waals surface area contributed by atoms with Crippen LogP contribution in [0, 0.1) is 0 Å². The van der Waals surface area contributed by atoms with Crippen molar-refractivity contribution in [3.8, 4) is 11.4 Å². The fraction of sp³-hybridized carbons (Fsp3) is 0.0909. The summed E-state index contributed by atoms with van der Waals surface area (Å²) in [4.78, 5) is 14.5. The third-order valence-electron chi connectivity index (χ3n) is 2.11. The standard InChI is InChI=1S/C11H10N2O3S/c1-16-9-4-2-3-8(7-9)13-5-6-17-10(13)12-11(14)15/h2-7H,1H3,(H,14,15)/b12-10+. The van der Waals surface area contributed by atoms with Gasteiger partial charge in [0.05, 0.1) is 12.8 Å². The van der Waals surface area contributed by atoms with E-state index in [1.165, 1.54) is 11.3 Å². The third-order valence-corrected chi connectivity index (χ3v) is 2.87. The van der Waals surface area contributed by atoms with Crippen LogP contribution in [0.4, 0.5) is 4.79 Å². The highest BCUT2D eigenvalue weighted by Gasteiger charge is 2.02. The van der Waals surface area contributed by atoms with Crippen LogP contribution >= 0.6 is 11.3 Å². The van der Waals surface area contributed by atoms with E-state index in [2.05, 4.69) is 4.99 Å². The number of ether oxygens (including phenoxy) is 1. The van der Waals surface area contributed by atoms with Crippen molar-refractivity contribution in [2.24, 2.45) is 4.99 Å². The fourth-order valence-corrected chi connectivity index (χ4v) is 2.11. The van der Waals surface area contributed by atoms with E-state index < -0.39 is 6.09 Å². The lowest BCUT2D eigenvalue weighted by Gasteiger charge is -2.04. The number of benzene rings is 1. The van der Waals surface area contributed by atoms with Gasteiger partial charge in [0.15, 0.2) is 0 Å². The Morgan fingerprint density at radius 3 is 3.06 bits per heavy atom. The zero-order valence-corrected chi connectivity index (χ0v) is 9.85. The van der Waals surface area contributed by atoms with Gasteiger partial charge in [-0.05, 0) is 12.1 Å². The first-order valence-electron chi connectivity index (χ1n) is 4.79. The Labute approximate surface area is 101 Å². The molecule has 17 heavy (non-hydrogen) atoms. The molecule has 2 aromatic rings. The summed E-state index contributed by atoms with van der Waals surface area (Å²) >= 11 is 1.26. The maximum atomic E-state index is 10.6. The molecule has 88 valence electrons. The monoisotopic (exact) mass is 250 g/mol. The molecule has 0 spiro atoms. The van der Waals surface area contributed by atoms with Crippen LogP contribution in [-0.2, 0) is 0 Å². The van der Waals surface area contributed by atoms with Crippen LogP contribution in [0.5, 0.6) is 5.75 Å². The number of nitrogens with zero attached hydrogens (tertiary/aromatic N) is 2. The number of aromatic nitrogens is 1. The number of carbonyl (C=O) groups is 1. The van der Waals surface area contributed by atoms with E-state index in [9.17, 15) is 4.79 Å². The second-order valence-corrected chi connectivity index (χ2v) is 4.02. The van der Waals surface area contributed by atoms with Crippen molar-refractivity contribution >= 4 is 17.4 Å². The summed E-state index contributed by atoms with van der Waals surface area (Å²) in [7, 11) is 1.58. The summed E-state index contributed by atoms with van der Waals surface area (Å²) in [6.07, 6.45) is 0.561. The predicted octanol–water partition coefficient (Wildman–Crippen LogP) is 2.13. The maximum absolute atomic E-state index is 10.6. The molecule has 0 bridgehead atoms. The Morgan fingerprint density at radius 2 is 2.35 bits per heavy atom. The quantitative estimate of drug-likeness (QED) is 0.888. The minimum atomic E-state index is -1.20. The Bertz CT molecular complexity index is 601. The summed E-state index contributed by atoms with van der Waals surface area (Å²) in [5, 5.41) is 10.4. The summed E-state index contributed by atoms with van der Waals surface area (Å²) in [6.45, 7) is 0. The van der Waals surface area contributed by atoms with Gasteiger partial charge in [0.25, 0.3) is 0 Å². The van der Waals surface area contributed by atoms with Gasteiger partial charge >= 0.3 is 6.09 Å². The largest absolute Gasteiger partial charge is 0.497 e. The zero-order valence-electron chi connectivity index (χ0n) is 9.03. The molecule has 2 rings (SSSR count). The smallest absolute Gasteiger partial charge is 0.433 e. The lowest BCUT2D eigenvalue weighted by molar-refractivity contribution is 0.204. The molecule has 0 aliphatic rings. The first kappa shape index (κ1) is 11.4. The van der Waals surface area contributed by atoms with E-state index in [0.717, 1.165) is 5.69 Å². The topological polar surface area (TPSA) is 63.8 Å². The van der Waals surface area contributed by atoms with E-state index in [-0.39, 0.29) is 0 Å². The van der Waals surface area contributed by atoms with Crippen LogP contribution in [0.25, 0.3) is 5.69 Å². The van der Waals surface area contributed by atoms with Crippen LogP contribution < -0.4 is 9.54 Å². The van der Waals surface area contributed by atoms with Crippen molar-refractivity contribution in [2.75, 3.05) is 7.11 Å². The van der Waals surface area contributed by atoms with E-state index in [1.807, 2.05) is 24.3 Å². The molecule has 0 saturated carbocycles. The van der Waals surface area contributed by atoms with Gasteiger partial charge in [0.2, 0.25) is 4.80 Å². The number of carboxylic acid groups (broad SMARTS) is 1. The number of rotatable bonds is 2. The van der Waals surface area contributed by atoms with Gasteiger partial charge in [0.1, 0.15) is 5.75 Å². The average molecular weight is 250 g/mol. The lowest BCUT2D eigenvalue weighted by Crippen LogP contribution is -2.13. The molecule has 0 saturated heterocycles. The second-order valence-electron chi connectivity index (χ2n) is 3.15. The molecule has 0 unspecified atom stereocenters. The van der Waals surface area contributed by atoms with Gasteiger partial charge in [-0.3, -0.25) is 4.57 Å². The first-order chi connectivity index (χ1) is 8.20. The van der Waals surface area contributed by atoms with E-state index in [0.29, 0.717) is 10.6 Å². The minimum absolute atomic E-state index is 0.408. The Kier molecular flexibility index (Phi) is 3.24.